The zero-order valence-electron chi connectivity index (χ0n) is 9.44. The van der Waals surface area contributed by atoms with Gasteiger partial charge in [-0.25, -0.2) is 0 Å². The molecule has 2 aromatic rings. The minimum atomic E-state index is 0.114. The molecule has 1 fully saturated rings. The molecule has 1 aliphatic heterocycles. The predicted molar refractivity (Wildman–Crippen MR) is 68.0 cm³/mol. The van der Waals surface area contributed by atoms with E-state index in [1.54, 1.807) is 4.90 Å². The molecule has 0 atom stereocenters. The number of anilines is 1. The van der Waals surface area contributed by atoms with E-state index in [1.165, 1.54) is 0 Å². The maximum atomic E-state index is 11.8. The van der Waals surface area contributed by atoms with Gasteiger partial charge in [0.05, 0.1) is 12.2 Å². The molecule has 1 amide bonds. The van der Waals surface area contributed by atoms with Crippen molar-refractivity contribution < 1.29 is 4.79 Å². The molecule has 0 aliphatic carbocycles. The number of nitrogens with zero attached hydrogens (tertiary/aromatic N) is 1. The van der Waals surface area contributed by atoms with Crippen molar-refractivity contribution >= 4 is 22.4 Å². The van der Waals surface area contributed by atoms with Crippen molar-refractivity contribution in [2.24, 2.45) is 0 Å². The lowest BCUT2D eigenvalue weighted by Crippen LogP contribution is -2.48. The molecule has 0 saturated carbocycles. The molecule has 17 heavy (non-hydrogen) atoms. The number of nitrogens with one attached hydrogen (secondary N) is 1. The van der Waals surface area contributed by atoms with Crippen LogP contribution in [-0.2, 0) is 4.79 Å². The summed E-state index contributed by atoms with van der Waals surface area (Å²) in [6.07, 6.45) is 0. The lowest BCUT2D eigenvalue weighted by molar-refractivity contribution is -0.118. The van der Waals surface area contributed by atoms with E-state index in [4.69, 9.17) is 0 Å². The third-order valence-electron chi connectivity index (χ3n) is 3.02. The van der Waals surface area contributed by atoms with Crippen molar-refractivity contribution in [3.63, 3.8) is 0 Å². The van der Waals surface area contributed by atoms with Crippen LogP contribution < -0.4 is 10.2 Å². The van der Waals surface area contributed by atoms with Gasteiger partial charge >= 0.3 is 0 Å². The van der Waals surface area contributed by atoms with Gasteiger partial charge in [0.25, 0.3) is 0 Å². The highest BCUT2D eigenvalue weighted by molar-refractivity contribution is 5.97. The summed E-state index contributed by atoms with van der Waals surface area (Å²) >= 11 is 0. The Balaban J connectivity index is 2.02. The molecule has 0 unspecified atom stereocenters. The molecule has 1 heterocycles. The smallest absolute Gasteiger partial charge is 0.241 e. The van der Waals surface area contributed by atoms with Crippen molar-refractivity contribution in [3.05, 3.63) is 42.5 Å². The molecule has 0 aromatic heterocycles. The molecule has 0 bridgehead atoms. The van der Waals surface area contributed by atoms with Gasteiger partial charge < -0.3 is 10.2 Å². The minimum absolute atomic E-state index is 0.114. The van der Waals surface area contributed by atoms with E-state index in [-0.39, 0.29) is 5.91 Å². The fraction of sp³-hybridized carbons (Fsp3) is 0.214. The van der Waals surface area contributed by atoms with Crippen LogP contribution in [0.2, 0.25) is 0 Å². The summed E-state index contributed by atoms with van der Waals surface area (Å²) in [5.41, 5.74) is 0.871. The monoisotopic (exact) mass is 225 g/mol. The fourth-order valence-electron chi connectivity index (χ4n) is 2.12. The zero-order valence-corrected chi connectivity index (χ0v) is 9.44. The molecule has 1 aliphatic rings. The lowest BCUT2D eigenvalue weighted by Gasteiger charge is -2.27. The third kappa shape index (κ3) is 1.89. The Morgan fingerprint density at radius 1 is 1.18 bits per heavy atom. The number of carbonyl (C=O) groups is 1. The number of rotatable bonds is 1. The molecule has 1 radical (unpaired) electrons. The molecule has 2 aromatic carbocycles. The van der Waals surface area contributed by atoms with Gasteiger partial charge in [0, 0.05) is 19.2 Å². The predicted octanol–water partition coefficient (Wildman–Crippen LogP) is 1.58. The molecule has 85 valence electrons. The van der Waals surface area contributed by atoms with Crippen LogP contribution in [0, 0.1) is 6.07 Å². The van der Waals surface area contributed by atoms with E-state index >= 15 is 0 Å². The van der Waals surface area contributed by atoms with Gasteiger partial charge in [-0.1, -0.05) is 30.3 Å². The SMILES string of the molecule is O=C1CNCCN1c1[c]c2ccccc2cc1. The van der Waals surface area contributed by atoms with E-state index in [9.17, 15) is 4.79 Å². The highest BCUT2D eigenvalue weighted by atomic mass is 16.2. The summed E-state index contributed by atoms with van der Waals surface area (Å²) in [4.78, 5) is 13.6. The van der Waals surface area contributed by atoms with E-state index in [0.717, 1.165) is 23.0 Å². The van der Waals surface area contributed by atoms with Crippen LogP contribution in [0.3, 0.4) is 0 Å². The average Bonchev–Trinajstić information content (AvgIpc) is 2.39. The van der Waals surface area contributed by atoms with Crippen LogP contribution in [0.15, 0.2) is 36.4 Å². The number of hydrogen-bond acceptors (Lipinski definition) is 2. The number of carbonyl (C=O) groups excluding carboxylic acids is 1. The maximum absolute atomic E-state index is 11.8. The molecule has 3 heteroatoms. The minimum Gasteiger partial charge on any atom is -0.309 e. The second-order valence-electron chi connectivity index (χ2n) is 4.15. The summed E-state index contributed by atoms with van der Waals surface area (Å²) in [6, 6.07) is 15.4. The second-order valence-corrected chi connectivity index (χ2v) is 4.15. The van der Waals surface area contributed by atoms with Gasteiger partial charge in [-0.05, 0) is 16.8 Å². The summed E-state index contributed by atoms with van der Waals surface area (Å²) in [6.45, 7) is 1.97. The van der Waals surface area contributed by atoms with Gasteiger partial charge in [-0.2, -0.15) is 0 Å². The summed E-state index contributed by atoms with van der Waals surface area (Å²) in [5, 5.41) is 5.27. The first kappa shape index (κ1) is 10.3. The average molecular weight is 225 g/mol. The normalized spacial score (nSPS) is 16.5. The van der Waals surface area contributed by atoms with Crippen LogP contribution in [0.1, 0.15) is 0 Å². The van der Waals surface area contributed by atoms with Gasteiger partial charge in [0.1, 0.15) is 0 Å². The molecule has 1 N–H and O–H groups in total. The van der Waals surface area contributed by atoms with E-state index in [2.05, 4.69) is 17.4 Å². The fourth-order valence-corrected chi connectivity index (χ4v) is 2.12. The van der Waals surface area contributed by atoms with E-state index in [0.29, 0.717) is 13.1 Å². The Hall–Kier alpha value is -1.87. The first-order valence-corrected chi connectivity index (χ1v) is 5.77. The Bertz CT molecular complexity index is 565. The van der Waals surface area contributed by atoms with E-state index in [1.807, 2.05) is 30.3 Å². The summed E-state index contributed by atoms with van der Waals surface area (Å²) in [5.74, 6) is 0.114. The highest BCUT2D eigenvalue weighted by Gasteiger charge is 2.19. The molecule has 1 saturated heterocycles. The Kier molecular flexibility index (Phi) is 2.53. The first-order chi connectivity index (χ1) is 8.34. The van der Waals surface area contributed by atoms with Crippen LogP contribution >= 0.6 is 0 Å². The Labute approximate surface area is 100 Å². The number of piperazine rings is 1. The third-order valence-corrected chi connectivity index (χ3v) is 3.02. The van der Waals surface area contributed by atoms with Crippen molar-refractivity contribution in [3.8, 4) is 0 Å². The highest BCUT2D eigenvalue weighted by Crippen LogP contribution is 2.21. The van der Waals surface area contributed by atoms with Crippen molar-refractivity contribution in [1.82, 2.24) is 5.32 Å². The Morgan fingerprint density at radius 3 is 2.94 bits per heavy atom. The quantitative estimate of drug-likeness (QED) is 0.799. The van der Waals surface area contributed by atoms with Gasteiger partial charge in [-0.3, -0.25) is 4.79 Å². The molecular formula is C14H13N2O. The van der Waals surface area contributed by atoms with Gasteiger partial charge in [0.15, 0.2) is 0 Å². The molecule has 3 rings (SSSR count). The number of fused-ring (bicyclic) bond motifs is 1. The van der Waals surface area contributed by atoms with E-state index < -0.39 is 0 Å². The number of benzene rings is 2. The van der Waals surface area contributed by atoms with Crippen LogP contribution in [-0.4, -0.2) is 25.5 Å². The maximum Gasteiger partial charge on any atom is 0.241 e. The van der Waals surface area contributed by atoms with Gasteiger partial charge in [-0.15, -0.1) is 0 Å². The van der Waals surface area contributed by atoms with Crippen LogP contribution in [0.4, 0.5) is 5.69 Å². The number of amides is 1. The van der Waals surface area contributed by atoms with Crippen molar-refractivity contribution in [2.45, 2.75) is 0 Å². The molecular weight excluding hydrogens is 212 g/mol. The Morgan fingerprint density at radius 2 is 2.06 bits per heavy atom. The van der Waals surface area contributed by atoms with Crippen molar-refractivity contribution in [1.29, 1.82) is 0 Å². The largest absolute Gasteiger partial charge is 0.309 e. The molecule has 3 nitrogen and oxygen atoms in total. The standard InChI is InChI=1S/C14H13N2O/c17-14-10-15-7-8-16(14)13-6-5-11-3-1-2-4-12(11)9-13/h1-6,15H,7-8,10H2. The van der Waals surface area contributed by atoms with Gasteiger partial charge in [0.2, 0.25) is 5.91 Å². The lowest BCUT2D eigenvalue weighted by atomic mass is 10.1. The second kappa shape index (κ2) is 4.18. The van der Waals surface area contributed by atoms with Crippen LogP contribution in [0.25, 0.3) is 10.8 Å². The summed E-state index contributed by atoms with van der Waals surface area (Å²) in [7, 11) is 0. The summed E-state index contributed by atoms with van der Waals surface area (Å²) < 4.78 is 0. The van der Waals surface area contributed by atoms with Crippen molar-refractivity contribution in [2.75, 3.05) is 24.5 Å². The number of hydrogen-bond donors (Lipinski definition) is 1. The zero-order chi connectivity index (χ0) is 11.7. The first-order valence-electron chi connectivity index (χ1n) is 5.77. The molecule has 0 spiro atoms. The topological polar surface area (TPSA) is 32.3 Å². The van der Waals surface area contributed by atoms with Crippen LogP contribution in [0.5, 0.6) is 0 Å².